The average Bonchev–Trinajstić information content (AvgIpc) is 2.55. The van der Waals surface area contributed by atoms with E-state index in [-0.39, 0.29) is 12.0 Å². The van der Waals surface area contributed by atoms with Crippen molar-refractivity contribution < 1.29 is 8.42 Å². The fourth-order valence-electron chi connectivity index (χ4n) is 3.20. The molecule has 2 heterocycles. The lowest BCUT2D eigenvalue weighted by molar-refractivity contribution is 0.240. The SMILES string of the molecule is C[C@@]1(c2ccccc2)CCCN(S(=O)(=O)c2c[nH]c(=O)[nH]c2=O)C1. The summed E-state index contributed by atoms with van der Waals surface area (Å²) in [5, 5.41) is 0. The zero-order valence-electron chi connectivity index (χ0n) is 13.3. The maximum absolute atomic E-state index is 12.8. The number of aromatic nitrogens is 2. The van der Waals surface area contributed by atoms with E-state index in [9.17, 15) is 18.0 Å². The number of hydrogen-bond donors (Lipinski definition) is 2. The molecule has 0 amide bonds. The van der Waals surface area contributed by atoms with Gasteiger partial charge in [0.25, 0.3) is 5.56 Å². The van der Waals surface area contributed by atoms with Gasteiger partial charge in [-0.1, -0.05) is 37.3 Å². The zero-order valence-corrected chi connectivity index (χ0v) is 14.1. The highest BCUT2D eigenvalue weighted by Crippen LogP contribution is 2.35. The van der Waals surface area contributed by atoms with Crippen molar-refractivity contribution in [2.75, 3.05) is 13.1 Å². The largest absolute Gasteiger partial charge is 0.325 e. The first-order valence-corrected chi connectivity index (χ1v) is 9.15. The van der Waals surface area contributed by atoms with Gasteiger partial charge in [0.15, 0.2) is 4.90 Å². The van der Waals surface area contributed by atoms with E-state index in [0.717, 1.165) is 18.2 Å². The average molecular weight is 349 g/mol. The topological polar surface area (TPSA) is 103 Å². The minimum Gasteiger partial charge on any atom is -0.313 e. The first kappa shape index (κ1) is 16.7. The van der Waals surface area contributed by atoms with Crippen LogP contribution in [0.2, 0.25) is 0 Å². The van der Waals surface area contributed by atoms with Gasteiger partial charge in [-0.2, -0.15) is 4.31 Å². The molecule has 128 valence electrons. The highest BCUT2D eigenvalue weighted by atomic mass is 32.2. The van der Waals surface area contributed by atoms with E-state index in [4.69, 9.17) is 0 Å². The van der Waals surface area contributed by atoms with Crippen molar-refractivity contribution in [1.82, 2.24) is 14.3 Å². The standard InChI is InChI=1S/C16H19N3O4S/c1-16(12-6-3-2-4-7-12)8-5-9-19(11-16)24(22,23)13-10-17-15(21)18-14(13)20/h2-4,6-7,10H,5,8-9,11H2,1H3,(H2,17,18,20,21)/t16-/m1/s1. The highest BCUT2D eigenvalue weighted by molar-refractivity contribution is 7.89. The molecule has 0 radical (unpaired) electrons. The summed E-state index contributed by atoms with van der Waals surface area (Å²) in [4.78, 5) is 26.7. The first-order chi connectivity index (χ1) is 11.3. The number of sulfonamides is 1. The van der Waals surface area contributed by atoms with Crippen molar-refractivity contribution in [2.24, 2.45) is 0 Å². The minimum absolute atomic E-state index is 0.290. The van der Waals surface area contributed by atoms with Crippen molar-refractivity contribution >= 4 is 10.0 Å². The molecule has 0 spiro atoms. The van der Waals surface area contributed by atoms with Crippen LogP contribution in [0.25, 0.3) is 0 Å². The second-order valence-electron chi connectivity index (χ2n) is 6.31. The smallest absolute Gasteiger partial charge is 0.313 e. The first-order valence-electron chi connectivity index (χ1n) is 7.71. The number of nitrogens with one attached hydrogen (secondary N) is 2. The summed E-state index contributed by atoms with van der Waals surface area (Å²) in [6.45, 7) is 2.67. The predicted molar refractivity (Wildman–Crippen MR) is 89.5 cm³/mol. The van der Waals surface area contributed by atoms with E-state index >= 15 is 0 Å². The highest BCUT2D eigenvalue weighted by Gasteiger charge is 2.38. The monoisotopic (exact) mass is 349 g/mol. The van der Waals surface area contributed by atoms with Gasteiger partial charge in [-0.05, 0) is 18.4 Å². The molecule has 1 aromatic carbocycles. The van der Waals surface area contributed by atoms with Gasteiger partial charge in [0.2, 0.25) is 10.0 Å². The number of hydrogen-bond acceptors (Lipinski definition) is 4. The van der Waals surface area contributed by atoms with Crippen molar-refractivity contribution in [3.8, 4) is 0 Å². The fraction of sp³-hybridized carbons (Fsp3) is 0.375. The van der Waals surface area contributed by atoms with E-state index in [1.807, 2.05) is 42.2 Å². The molecule has 0 aliphatic carbocycles. The molecular formula is C16H19N3O4S. The Labute approximate surface area is 139 Å². The van der Waals surface area contributed by atoms with E-state index < -0.39 is 26.2 Å². The molecule has 24 heavy (non-hydrogen) atoms. The summed E-state index contributed by atoms with van der Waals surface area (Å²) < 4.78 is 27.0. The second kappa shape index (κ2) is 6.03. The van der Waals surface area contributed by atoms with Gasteiger partial charge in [-0.3, -0.25) is 9.78 Å². The number of H-pyrrole nitrogens is 2. The number of rotatable bonds is 3. The Hall–Kier alpha value is -2.19. The molecule has 1 saturated heterocycles. The molecule has 7 nitrogen and oxygen atoms in total. The lowest BCUT2D eigenvalue weighted by Gasteiger charge is -2.40. The van der Waals surface area contributed by atoms with Crippen LogP contribution in [0.4, 0.5) is 0 Å². The van der Waals surface area contributed by atoms with E-state index in [1.165, 1.54) is 4.31 Å². The van der Waals surface area contributed by atoms with Gasteiger partial charge >= 0.3 is 5.69 Å². The third-order valence-electron chi connectivity index (χ3n) is 4.54. The molecule has 1 aromatic heterocycles. The molecule has 3 rings (SSSR count). The summed E-state index contributed by atoms with van der Waals surface area (Å²) in [6, 6.07) is 9.76. The van der Waals surface area contributed by atoms with Crippen LogP contribution in [0.1, 0.15) is 25.3 Å². The molecule has 0 saturated carbocycles. The number of aromatic amines is 2. The Morgan fingerprint density at radius 2 is 1.88 bits per heavy atom. The molecule has 8 heteroatoms. The van der Waals surface area contributed by atoms with Crippen molar-refractivity contribution in [3.05, 3.63) is 62.9 Å². The summed E-state index contributed by atoms with van der Waals surface area (Å²) in [7, 11) is -3.97. The maximum Gasteiger partial charge on any atom is 0.325 e. The summed E-state index contributed by atoms with van der Waals surface area (Å²) in [6.07, 6.45) is 2.53. The van der Waals surface area contributed by atoms with E-state index in [0.29, 0.717) is 13.0 Å². The van der Waals surface area contributed by atoms with Crippen LogP contribution in [0.3, 0.4) is 0 Å². The van der Waals surface area contributed by atoms with Crippen LogP contribution < -0.4 is 11.2 Å². The number of piperidine rings is 1. The van der Waals surface area contributed by atoms with Crippen molar-refractivity contribution in [1.29, 1.82) is 0 Å². The van der Waals surface area contributed by atoms with Crippen LogP contribution in [-0.2, 0) is 15.4 Å². The summed E-state index contributed by atoms with van der Waals surface area (Å²) in [5.74, 6) is 0. The second-order valence-corrected chi connectivity index (χ2v) is 8.21. The van der Waals surface area contributed by atoms with Gasteiger partial charge in [0.1, 0.15) is 0 Å². The molecule has 1 aliphatic rings. The fourth-order valence-corrected chi connectivity index (χ4v) is 4.80. The van der Waals surface area contributed by atoms with E-state index in [2.05, 4.69) is 4.98 Å². The lowest BCUT2D eigenvalue weighted by atomic mass is 9.77. The van der Waals surface area contributed by atoms with Gasteiger partial charge in [-0.15, -0.1) is 0 Å². The molecule has 1 fully saturated rings. The van der Waals surface area contributed by atoms with Gasteiger partial charge < -0.3 is 4.98 Å². The maximum atomic E-state index is 12.8. The molecule has 1 aliphatic heterocycles. The molecule has 0 unspecified atom stereocenters. The molecule has 0 bridgehead atoms. The van der Waals surface area contributed by atoms with Crippen molar-refractivity contribution in [3.63, 3.8) is 0 Å². The molecule has 2 N–H and O–H groups in total. The molecule has 1 atom stereocenters. The van der Waals surface area contributed by atoms with Gasteiger partial charge in [0, 0.05) is 24.7 Å². The Morgan fingerprint density at radius 3 is 2.54 bits per heavy atom. The Kier molecular flexibility index (Phi) is 4.18. The minimum atomic E-state index is -3.97. The van der Waals surface area contributed by atoms with Gasteiger partial charge in [-0.25, -0.2) is 13.2 Å². The van der Waals surface area contributed by atoms with Crippen LogP contribution in [0, 0.1) is 0 Å². The van der Waals surface area contributed by atoms with Crippen LogP contribution in [0.5, 0.6) is 0 Å². The number of benzene rings is 1. The van der Waals surface area contributed by atoms with Crippen molar-refractivity contribution in [2.45, 2.75) is 30.1 Å². The number of nitrogens with zero attached hydrogens (tertiary/aromatic N) is 1. The van der Waals surface area contributed by atoms with Crippen LogP contribution >= 0.6 is 0 Å². The molecule has 2 aromatic rings. The lowest BCUT2D eigenvalue weighted by Crippen LogP contribution is -2.48. The zero-order chi connectivity index (χ0) is 17.4. The third-order valence-corrected chi connectivity index (χ3v) is 6.39. The Bertz CT molecular complexity index is 949. The normalized spacial score (nSPS) is 22.4. The predicted octanol–water partition coefficient (Wildman–Crippen LogP) is 0.806. The Balaban J connectivity index is 1.97. The van der Waals surface area contributed by atoms with E-state index in [1.54, 1.807) is 0 Å². The van der Waals surface area contributed by atoms with Gasteiger partial charge in [0.05, 0.1) is 0 Å². The van der Waals surface area contributed by atoms with Crippen LogP contribution in [0.15, 0.2) is 51.0 Å². The Morgan fingerprint density at radius 1 is 1.17 bits per heavy atom. The summed E-state index contributed by atoms with van der Waals surface area (Å²) >= 11 is 0. The summed E-state index contributed by atoms with van der Waals surface area (Å²) in [5.41, 5.74) is -0.876. The third kappa shape index (κ3) is 2.94. The quantitative estimate of drug-likeness (QED) is 0.855. The molecular weight excluding hydrogens is 330 g/mol. The van der Waals surface area contributed by atoms with Crippen LogP contribution in [-0.4, -0.2) is 35.8 Å².